The van der Waals surface area contributed by atoms with Gasteiger partial charge in [0.25, 0.3) is 0 Å². The number of urea groups is 1. The molecule has 43 heavy (non-hydrogen) atoms. The molecule has 2 aromatic rings. The number of aliphatic hydroxyl groups excluding tert-OH is 1. The monoisotopic (exact) mass is 604 g/mol. The number of carbonyl (C=O) groups excluding carboxylic acids is 2. The largest absolute Gasteiger partial charge is 0.390 e. The number of hydrogen-bond donors (Lipinski definition) is 5. The summed E-state index contributed by atoms with van der Waals surface area (Å²) in [5.41, 5.74) is 2.51. The number of rotatable bonds is 17. The lowest BCUT2D eigenvalue weighted by molar-refractivity contribution is -0.169. The molecule has 3 atom stereocenters. The SMILES string of the molecule is CCCCC1(CC[C@@H](NC(=O)NC)C(=O)N[C@@H](Cc2cc(F)cc(F)c2)[C@H](O)CNCc2cccc(CC)c2)OCCO1. The van der Waals surface area contributed by atoms with E-state index >= 15 is 0 Å². The maximum atomic E-state index is 14.0. The fourth-order valence-corrected chi connectivity index (χ4v) is 5.24. The Hall–Kier alpha value is -3.12. The van der Waals surface area contributed by atoms with Crippen LogP contribution in [0.5, 0.6) is 0 Å². The molecule has 0 unspecified atom stereocenters. The van der Waals surface area contributed by atoms with E-state index in [2.05, 4.69) is 41.2 Å². The van der Waals surface area contributed by atoms with Crippen molar-refractivity contribution in [3.8, 4) is 0 Å². The van der Waals surface area contributed by atoms with Crippen LogP contribution in [0.15, 0.2) is 42.5 Å². The lowest BCUT2D eigenvalue weighted by Crippen LogP contribution is -2.56. The van der Waals surface area contributed by atoms with E-state index in [0.29, 0.717) is 32.6 Å². The number of unbranched alkanes of at least 4 members (excludes halogenated alkanes) is 1. The van der Waals surface area contributed by atoms with Gasteiger partial charge >= 0.3 is 6.03 Å². The maximum absolute atomic E-state index is 14.0. The number of nitrogens with one attached hydrogen (secondary N) is 4. The third-order valence-electron chi connectivity index (χ3n) is 7.64. The minimum absolute atomic E-state index is 0.0338. The van der Waals surface area contributed by atoms with Gasteiger partial charge in [-0.25, -0.2) is 13.6 Å². The average Bonchev–Trinajstić information content (AvgIpc) is 3.46. The summed E-state index contributed by atoms with van der Waals surface area (Å²) < 4.78 is 39.8. The van der Waals surface area contributed by atoms with Crippen molar-refractivity contribution in [1.29, 1.82) is 0 Å². The number of hydrogen-bond acceptors (Lipinski definition) is 6. The molecule has 1 aliphatic rings. The molecule has 0 aliphatic carbocycles. The maximum Gasteiger partial charge on any atom is 0.315 e. The highest BCUT2D eigenvalue weighted by atomic mass is 19.1. The highest BCUT2D eigenvalue weighted by Crippen LogP contribution is 2.31. The molecule has 3 rings (SSSR count). The van der Waals surface area contributed by atoms with Gasteiger partial charge in [-0.2, -0.15) is 0 Å². The van der Waals surface area contributed by atoms with Crippen LogP contribution in [0.3, 0.4) is 0 Å². The summed E-state index contributed by atoms with van der Waals surface area (Å²) in [7, 11) is 1.45. The van der Waals surface area contributed by atoms with Crippen LogP contribution < -0.4 is 21.3 Å². The van der Waals surface area contributed by atoms with Crippen molar-refractivity contribution < 1.29 is 33.0 Å². The Morgan fingerprint density at radius 2 is 1.67 bits per heavy atom. The van der Waals surface area contributed by atoms with Crippen LogP contribution in [-0.2, 0) is 33.7 Å². The molecule has 2 aromatic carbocycles. The Morgan fingerprint density at radius 3 is 2.33 bits per heavy atom. The summed E-state index contributed by atoms with van der Waals surface area (Å²) in [5, 5.41) is 22.4. The summed E-state index contributed by atoms with van der Waals surface area (Å²) in [5.74, 6) is -2.87. The molecule has 1 heterocycles. The first-order chi connectivity index (χ1) is 20.7. The van der Waals surface area contributed by atoms with E-state index in [1.165, 1.54) is 24.7 Å². The van der Waals surface area contributed by atoms with E-state index in [9.17, 15) is 23.5 Å². The second-order valence-corrected chi connectivity index (χ2v) is 11.0. The number of aryl methyl sites for hydroxylation is 1. The number of amides is 3. The molecule has 0 saturated carbocycles. The average molecular weight is 605 g/mol. The van der Waals surface area contributed by atoms with Gasteiger partial charge in [-0.15, -0.1) is 0 Å². The van der Waals surface area contributed by atoms with Crippen LogP contribution in [0.1, 0.15) is 62.6 Å². The van der Waals surface area contributed by atoms with E-state index in [0.717, 1.165) is 30.9 Å². The van der Waals surface area contributed by atoms with Crippen LogP contribution in [0, 0.1) is 11.6 Å². The molecule has 238 valence electrons. The summed E-state index contributed by atoms with van der Waals surface area (Å²) >= 11 is 0. The first-order valence-electron chi connectivity index (χ1n) is 15.1. The minimum Gasteiger partial charge on any atom is -0.390 e. The van der Waals surface area contributed by atoms with E-state index < -0.39 is 47.5 Å². The summed E-state index contributed by atoms with van der Waals surface area (Å²) in [4.78, 5) is 25.9. The number of carbonyl (C=O) groups is 2. The van der Waals surface area contributed by atoms with Crippen LogP contribution in [0.4, 0.5) is 13.6 Å². The summed E-state index contributed by atoms with van der Waals surface area (Å²) in [6.07, 6.45) is 2.84. The first-order valence-corrected chi connectivity index (χ1v) is 15.1. The van der Waals surface area contributed by atoms with Gasteiger partial charge in [0.2, 0.25) is 5.91 Å². The molecule has 3 amide bonds. The van der Waals surface area contributed by atoms with Gasteiger partial charge in [-0.1, -0.05) is 44.5 Å². The van der Waals surface area contributed by atoms with Crippen molar-refractivity contribution in [2.24, 2.45) is 0 Å². The molecule has 11 heteroatoms. The van der Waals surface area contributed by atoms with E-state index in [-0.39, 0.29) is 24.9 Å². The van der Waals surface area contributed by atoms with Crippen LogP contribution in [-0.4, -0.2) is 67.8 Å². The third kappa shape index (κ3) is 11.1. The third-order valence-corrected chi connectivity index (χ3v) is 7.64. The smallest absolute Gasteiger partial charge is 0.315 e. The summed E-state index contributed by atoms with van der Waals surface area (Å²) in [6.45, 7) is 5.65. The summed E-state index contributed by atoms with van der Waals surface area (Å²) in [6, 6.07) is 8.75. The molecule has 1 saturated heterocycles. The van der Waals surface area contributed by atoms with Crippen molar-refractivity contribution >= 4 is 11.9 Å². The topological polar surface area (TPSA) is 121 Å². The van der Waals surface area contributed by atoms with Crippen molar-refractivity contribution in [3.05, 3.63) is 70.8 Å². The predicted molar refractivity (Wildman–Crippen MR) is 160 cm³/mol. The highest BCUT2D eigenvalue weighted by molar-refractivity contribution is 5.87. The molecule has 0 bridgehead atoms. The van der Waals surface area contributed by atoms with E-state index in [1.807, 2.05) is 18.2 Å². The Morgan fingerprint density at radius 1 is 0.977 bits per heavy atom. The molecule has 9 nitrogen and oxygen atoms in total. The van der Waals surface area contributed by atoms with Crippen molar-refractivity contribution in [1.82, 2.24) is 21.3 Å². The molecule has 0 radical (unpaired) electrons. The highest BCUT2D eigenvalue weighted by Gasteiger charge is 2.37. The first kappa shape index (κ1) is 34.4. The van der Waals surface area contributed by atoms with E-state index in [4.69, 9.17) is 9.47 Å². The van der Waals surface area contributed by atoms with Crippen LogP contribution in [0.2, 0.25) is 0 Å². The van der Waals surface area contributed by atoms with Crippen LogP contribution in [0.25, 0.3) is 0 Å². The van der Waals surface area contributed by atoms with Crippen LogP contribution >= 0.6 is 0 Å². The van der Waals surface area contributed by atoms with Gasteiger partial charge in [0.1, 0.15) is 17.7 Å². The minimum atomic E-state index is -1.11. The second-order valence-electron chi connectivity index (χ2n) is 11.0. The molecule has 0 spiro atoms. The lowest BCUT2D eigenvalue weighted by Gasteiger charge is -2.31. The molecular weight excluding hydrogens is 558 g/mol. The second kappa shape index (κ2) is 17.2. The number of ether oxygens (including phenoxy) is 2. The van der Waals surface area contributed by atoms with Crippen molar-refractivity contribution in [2.75, 3.05) is 26.8 Å². The Kier molecular flexibility index (Phi) is 13.8. The number of benzene rings is 2. The van der Waals surface area contributed by atoms with Gasteiger partial charge in [-0.05, 0) is 54.5 Å². The Labute approximate surface area is 253 Å². The lowest BCUT2D eigenvalue weighted by atomic mass is 9.97. The van der Waals surface area contributed by atoms with Crippen molar-refractivity contribution in [3.63, 3.8) is 0 Å². The standard InChI is InChI=1S/C32H46F2N4O5/c1-4-6-11-32(42-13-14-43-32)12-10-27(38-31(41)35-3)30(40)37-28(18-24-16-25(33)19-26(34)17-24)29(39)21-36-20-23-9-7-8-22(5-2)15-23/h7-9,15-17,19,27-29,36,39H,4-6,10-14,18,20-21H2,1-3H3,(H,37,40)(H2,35,38,41)/t27-,28+,29-/m1/s1. The normalized spacial score (nSPS) is 16.3. The zero-order valence-corrected chi connectivity index (χ0v) is 25.4. The van der Waals surface area contributed by atoms with Gasteiger partial charge in [0.05, 0.1) is 25.4 Å². The zero-order chi connectivity index (χ0) is 31.2. The predicted octanol–water partition coefficient (Wildman–Crippen LogP) is 3.72. The molecule has 5 N–H and O–H groups in total. The number of aliphatic hydroxyl groups is 1. The molecule has 0 aromatic heterocycles. The van der Waals surface area contributed by atoms with Gasteiger partial charge in [-0.3, -0.25) is 4.79 Å². The fourth-order valence-electron chi connectivity index (χ4n) is 5.24. The molecule has 1 aliphatic heterocycles. The quantitative estimate of drug-likeness (QED) is 0.188. The van der Waals surface area contributed by atoms with Gasteiger partial charge in [0, 0.05) is 39.0 Å². The fraction of sp³-hybridized carbons (Fsp3) is 0.562. The Balaban J connectivity index is 1.74. The van der Waals surface area contributed by atoms with E-state index in [1.54, 1.807) is 0 Å². The molecule has 1 fully saturated rings. The Bertz CT molecular complexity index is 1160. The van der Waals surface area contributed by atoms with Crippen molar-refractivity contribution in [2.45, 2.75) is 89.3 Å². The number of halogens is 2. The molecular formula is C32H46F2N4O5. The van der Waals surface area contributed by atoms with Gasteiger partial charge < -0.3 is 35.8 Å². The van der Waals surface area contributed by atoms with Gasteiger partial charge in [0.15, 0.2) is 5.79 Å². The zero-order valence-electron chi connectivity index (χ0n) is 25.4.